The highest BCUT2D eigenvalue weighted by molar-refractivity contribution is 9.10. The fourth-order valence-corrected chi connectivity index (χ4v) is 3.19. The molecule has 0 aromatic heterocycles. The van der Waals surface area contributed by atoms with Gasteiger partial charge in [0.2, 0.25) is 0 Å². The molecule has 2 nitrogen and oxygen atoms in total. The molecule has 0 amide bonds. The first-order valence-corrected chi connectivity index (χ1v) is 7.61. The highest BCUT2D eigenvalue weighted by Crippen LogP contribution is 2.33. The molecule has 0 radical (unpaired) electrons. The summed E-state index contributed by atoms with van der Waals surface area (Å²) in [5.74, 6) is 0. The molecule has 3 rings (SSSR count). The van der Waals surface area contributed by atoms with Crippen molar-refractivity contribution in [1.29, 1.82) is 5.26 Å². The van der Waals surface area contributed by atoms with E-state index in [0.717, 1.165) is 23.0 Å². The average Bonchev–Trinajstić information content (AvgIpc) is 2.48. The lowest BCUT2D eigenvalue weighted by Crippen LogP contribution is -2.17. The predicted molar refractivity (Wildman–Crippen MR) is 84.6 cm³/mol. The van der Waals surface area contributed by atoms with Crippen molar-refractivity contribution in [2.45, 2.75) is 25.3 Å². The van der Waals surface area contributed by atoms with Gasteiger partial charge >= 0.3 is 0 Å². The molecule has 100 valence electrons. The second kappa shape index (κ2) is 5.68. The summed E-state index contributed by atoms with van der Waals surface area (Å²) in [5, 5.41) is 12.8. The van der Waals surface area contributed by atoms with Gasteiger partial charge in [0.05, 0.1) is 17.3 Å². The van der Waals surface area contributed by atoms with Crippen LogP contribution in [0.1, 0.15) is 35.6 Å². The summed E-state index contributed by atoms with van der Waals surface area (Å²) in [5.41, 5.74) is 4.38. The Labute approximate surface area is 127 Å². The van der Waals surface area contributed by atoms with Gasteiger partial charge in [-0.2, -0.15) is 5.26 Å². The Kier molecular flexibility index (Phi) is 3.75. The number of hydrogen-bond donors (Lipinski definition) is 1. The largest absolute Gasteiger partial charge is 0.377 e. The minimum atomic E-state index is 0.293. The molecule has 0 heterocycles. The standard InChI is InChI=1S/C17H15BrN2/c18-14-9-8-13(11-19)17(10-14)20-16-7-3-5-12-4-1-2-6-15(12)16/h1-2,4,6,8-10,16,20H,3,5,7H2. The van der Waals surface area contributed by atoms with E-state index in [1.165, 1.54) is 17.5 Å². The van der Waals surface area contributed by atoms with Gasteiger partial charge in [-0.25, -0.2) is 0 Å². The Balaban J connectivity index is 1.93. The maximum atomic E-state index is 9.23. The van der Waals surface area contributed by atoms with Gasteiger partial charge in [-0.15, -0.1) is 0 Å². The van der Waals surface area contributed by atoms with E-state index in [1.807, 2.05) is 18.2 Å². The molecule has 1 unspecified atom stereocenters. The van der Waals surface area contributed by atoms with Crippen LogP contribution < -0.4 is 5.32 Å². The van der Waals surface area contributed by atoms with Crippen molar-refractivity contribution in [1.82, 2.24) is 0 Å². The average molecular weight is 327 g/mol. The zero-order valence-electron chi connectivity index (χ0n) is 11.1. The minimum Gasteiger partial charge on any atom is -0.377 e. The van der Waals surface area contributed by atoms with Crippen molar-refractivity contribution in [3.63, 3.8) is 0 Å². The number of nitriles is 1. The second-order valence-electron chi connectivity index (χ2n) is 5.09. The van der Waals surface area contributed by atoms with Gasteiger partial charge in [0.25, 0.3) is 0 Å². The first-order valence-electron chi connectivity index (χ1n) is 6.82. The van der Waals surface area contributed by atoms with Crippen LogP contribution in [-0.4, -0.2) is 0 Å². The van der Waals surface area contributed by atoms with Crippen LogP contribution in [0.25, 0.3) is 0 Å². The van der Waals surface area contributed by atoms with E-state index in [-0.39, 0.29) is 0 Å². The number of benzene rings is 2. The van der Waals surface area contributed by atoms with Crippen LogP contribution in [0.2, 0.25) is 0 Å². The van der Waals surface area contributed by atoms with E-state index in [0.29, 0.717) is 11.6 Å². The second-order valence-corrected chi connectivity index (χ2v) is 6.01. The molecule has 0 saturated carbocycles. The third-order valence-corrected chi connectivity index (χ3v) is 4.29. The molecule has 0 bridgehead atoms. The fourth-order valence-electron chi connectivity index (χ4n) is 2.82. The van der Waals surface area contributed by atoms with Crippen molar-refractivity contribution in [2.75, 3.05) is 5.32 Å². The Morgan fingerprint density at radius 1 is 1.20 bits per heavy atom. The number of rotatable bonds is 2. The lowest BCUT2D eigenvalue weighted by Gasteiger charge is -2.27. The van der Waals surface area contributed by atoms with Gasteiger partial charge in [-0.05, 0) is 48.6 Å². The smallest absolute Gasteiger partial charge is 0.101 e. The van der Waals surface area contributed by atoms with E-state index >= 15 is 0 Å². The highest BCUT2D eigenvalue weighted by atomic mass is 79.9. The van der Waals surface area contributed by atoms with Gasteiger partial charge in [0.1, 0.15) is 6.07 Å². The maximum Gasteiger partial charge on any atom is 0.101 e. The third-order valence-electron chi connectivity index (χ3n) is 3.80. The molecule has 2 aromatic carbocycles. The van der Waals surface area contributed by atoms with Crippen LogP contribution in [0.4, 0.5) is 5.69 Å². The lowest BCUT2D eigenvalue weighted by molar-refractivity contribution is 0.600. The van der Waals surface area contributed by atoms with Crippen molar-refractivity contribution < 1.29 is 0 Å². The number of nitrogens with zero attached hydrogens (tertiary/aromatic N) is 1. The molecule has 0 aliphatic heterocycles. The highest BCUT2D eigenvalue weighted by Gasteiger charge is 2.20. The monoisotopic (exact) mass is 326 g/mol. The number of nitrogens with one attached hydrogen (secondary N) is 1. The van der Waals surface area contributed by atoms with Crippen molar-refractivity contribution in [3.05, 3.63) is 63.6 Å². The number of hydrogen-bond acceptors (Lipinski definition) is 2. The molecule has 0 spiro atoms. The quantitative estimate of drug-likeness (QED) is 0.859. The Morgan fingerprint density at radius 3 is 2.90 bits per heavy atom. The molecular weight excluding hydrogens is 312 g/mol. The molecule has 3 heteroatoms. The first-order chi connectivity index (χ1) is 9.78. The van der Waals surface area contributed by atoms with Gasteiger partial charge < -0.3 is 5.32 Å². The zero-order chi connectivity index (χ0) is 13.9. The molecule has 1 N–H and O–H groups in total. The van der Waals surface area contributed by atoms with Crippen molar-refractivity contribution in [2.24, 2.45) is 0 Å². The van der Waals surface area contributed by atoms with Crippen LogP contribution in [0.5, 0.6) is 0 Å². The number of aryl methyl sites for hydroxylation is 1. The Hall–Kier alpha value is -1.79. The fraction of sp³-hybridized carbons (Fsp3) is 0.235. The summed E-state index contributed by atoms with van der Waals surface area (Å²) in [6.07, 6.45) is 3.44. The molecule has 1 aliphatic carbocycles. The van der Waals surface area contributed by atoms with E-state index in [4.69, 9.17) is 0 Å². The van der Waals surface area contributed by atoms with E-state index in [2.05, 4.69) is 51.6 Å². The van der Waals surface area contributed by atoms with Crippen molar-refractivity contribution in [3.8, 4) is 6.07 Å². The molecule has 20 heavy (non-hydrogen) atoms. The summed E-state index contributed by atoms with van der Waals surface area (Å²) in [6.45, 7) is 0. The summed E-state index contributed by atoms with van der Waals surface area (Å²) >= 11 is 3.47. The molecule has 1 aliphatic rings. The number of fused-ring (bicyclic) bond motifs is 1. The van der Waals surface area contributed by atoms with Gasteiger partial charge in [0, 0.05) is 4.47 Å². The van der Waals surface area contributed by atoms with Crippen molar-refractivity contribution >= 4 is 21.6 Å². The molecule has 0 saturated heterocycles. The predicted octanol–water partition coefficient (Wildman–Crippen LogP) is 4.81. The van der Waals surface area contributed by atoms with Gasteiger partial charge in [-0.3, -0.25) is 0 Å². The third kappa shape index (κ3) is 2.57. The van der Waals surface area contributed by atoms with E-state index < -0.39 is 0 Å². The SMILES string of the molecule is N#Cc1ccc(Br)cc1NC1CCCc2ccccc21. The lowest BCUT2D eigenvalue weighted by atomic mass is 9.87. The van der Waals surface area contributed by atoms with E-state index in [9.17, 15) is 5.26 Å². The zero-order valence-corrected chi connectivity index (χ0v) is 12.7. The Bertz CT molecular complexity index is 673. The minimum absolute atomic E-state index is 0.293. The van der Waals surface area contributed by atoms with E-state index in [1.54, 1.807) is 0 Å². The molecular formula is C17H15BrN2. The van der Waals surface area contributed by atoms with Crippen LogP contribution in [0.3, 0.4) is 0 Å². The summed E-state index contributed by atoms with van der Waals surface area (Å²) in [4.78, 5) is 0. The molecule has 0 fully saturated rings. The molecule has 1 atom stereocenters. The summed E-state index contributed by atoms with van der Waals surface area (Å²) < 4.78 is 0.989. The normalized spacial score (nSPS) is 17.1. The number of anilines is 1. The van der Waals surface area contributed by atoms with Crippen LogP contribution in [-0.2, 0) is 6.42 Å². The summed E-state index contributed by atoms with van der Waals surface area (Å²) in [6, 6.07) is 16.9. The maximum absolute atomic E-state index is 9.23. The topological polar surface area (TPSA) is 35.8 Å². The van der Waals surface area contributed by atoms with Crippen LogP contribution in [0, 0.1) is 11.3 Å². The number of halogens is 1. The Morgan fingerprint density at radius 2 is 2.05 bits per heavy atom. The van der Waals surface area contributed by atoms with Gasteiger partial charge in [0.15, 0.2) is 0 Å². The first kappa shape index (κ1) is 13.2. The van der Waals surface area contributed by atoms with Crippen LogP contribution >= 0.6 is 15.9 Å². The van der Waals surface area contributed by atoms with Crippen LogP contribution in [0.15, 0.2) is 46.9 Å². The van der Waals surface area contributed by atoms with Gasteiger partial charge in [-0.1, -0.05) is 40.2 Å². The molecule has 2 aromatic rings. The summed E-state index contributed by atoms with van der Waals surface area (Å²) in [7, 11) is 0.